The van der Waals surface area contributed by atoms with Crippen LogP contribution in [0.2, 0.25) is 0 Å². The SMILES string of the molecule is CC[C@](C)(NC(=O)CNC(=O)C(C)(C)NC(=O)[C@H](CC(C)C)NC(=O)C(C)(C)NC(=O)[C@H](CCC(N)=O)NC(=O)C(C)(C)NC(=O)[C@H](CC(C)C)NC(=O)[C@H](C)NC(=O)CNC(=O)C(C)(C)NC(C)=O)C(=O)NC(C)(C)C(=O)N1CCC[C@H]1C(=O)N[C@@H](CC(C)C)C(=O)NC(C)(C)C(=O)NC(C)(C)C(=O)N[C@@H](CCC(N)=O)C(=O)NC(CO)CC(C)C. The molecule has 0 saturated carbocycles. The van der Waals surface area contributed by atoms with Crippen LogP contribution in [0.15, 0.2) is 0 Å². The molecule has 0 radical (unpaired) electrons. The molecule has 1 unspecified atom stereocenters. The van der Waals surface area contributed by atoms with Crippen LogP contribution in [-0.4, -0.2) is 247 Å². The molecule has 1 aliphatic rings. The summed E-state index contributed by atoms with van der Waals surface area (Å²) in [5.41, 5.74) is -3.04. The summed E-state index contributed by atoms with van der Waals surface area (Å²) in [6, 6.07) is -9.84. The van der Waals surface area contributed by atoms with Crippen molar-refractivity contribution in [3.63, 3.8) is 0 Å². The zero-order chi connectivity index (χ0) is 94.7. The van der Waals surface area contributed by atoms with Crippen molar-refractivity contribution in [1.82, 2.24) is 95.3 Å². The predicted molar refractivity (Wildman–Crippen MR) is 450 cm³/mol. The lowest BCUT2D eigenvalue weighted by molar-refractivity contribution is -0.146. The fourth-order valence-electron chi connectivity index (χ4n) is 12.5. The molecule has 1 fully saturated rings. The minimum atomic E-state index is -1.89. The number of nitrogens with zero attached hydrogens (tertiary/aromatic N) is 1. The second kappa shape index (κ2) is 46.6. The maximum Gasteiger partial charge on any atom is 0.248 e. The Morgan fingerprint density at radius 2 is 0.730 bits per heavy atom. The number of aliphatic hydroxyl groups is 1. The lowest BCUT2D eigenvalue weighted by Gasteiger charge is -2.37. The largest absolute Gasteiger partial charge is 0.394 e. The molecule has 41 nitrogen and oxygen atoms in total. The van der Waals surface area contributed by atoms with Crippen LogP contribution in [0.4, 0.5) is 0 Å². The minimum absolute atomic E-state index is 0.0196. The fraction of sp³-hybridized carbons (Fsp3) is 0.753. The Morgan fingerprint density at radius 3 is 1.13 bits per heavy atom. The number of hydrogen-bond acceptors (Lipinski definition) is 21. The monoisotopic (exact) mass is 1730 g/mol. The van der Waals surface area contributed by atoms with Crippen LogP contribution in [-0.2, 0) is 95.9 Å². The first kappa shape index (κ1) is 109. The van der Waals surface area contributed by atoms with Crippen LogP contribution in [0, 0.1) is 23.7 Å². The molecule has 22 N–H and O–H groups in total. The van der Waals surface area contributed by atoms with E-state index in [0.717, 1.165) is 0 Å². The van der Waals surface area contributed by atoms with E-state index in [-0.39, 0.29) is 75.2 Å². The molecule has 0 aromatic rings. The van der Waals surface area contributed by atoms with Crippen LogP contribution in [0.1, 0.15) is 251 Å². The van der Waals surface area contributed by atoms with E-state index in [4.69, 9.17) is 11.5 Å². The van der Waals surface area contributed by atoms with Crippen molar-refractivity contribution in [2.75, 3.05) is 26.2 Å². The number of amides is 20. The predicted octanol–water partition coefficient (Wildman–Crippen LogP) is -3.10. The first-order valence-electron chi connectivity index (χ1n) is 41.3. The van der Waals surface area contributed by atoms with Crippen molar-refractivity contribution < 1.29 is 101 Å². The number of primary amides is 2. The molecule has 692 valence electrons. The van der Waals surface area contributed by atoms with Gasteiger partial charge in [-0.15, -0.1) is 0 Å². The molecular weight excluding hydrogens is 1590 g/mol. The molecule has 0 bridgehead atoms. The Kier molecular flexibility index (Phi) is 41.7. The highest BCUT2D eigenvalue weighted by molar-refractivity contribution is 6.04. The molecule has 0 aromatic carbocycles. The standard InChI is InChI=1S/C81H142N20O21/c1-27-81(26,72(121)100-80(24,25)73(122)101-34-28-29-54(101)65(114)89-52(37-44(6)7)63(112)98-79(22,23)71(120)99-78(20,21)70(119)90-49(30-32-55(82)104)60(109)87-48(41-102)35-42(2)3)94-58(107)40-85-67(116)75(14,15)96-64(113)53(38-45(8)9)92-69(118)77(18,19)95-61(110)50(31-33-56(83)105)91-68(117)76(16,17)97-62(111)51(36-43(4)5)88-59(108)46(10)86-57(106)39-84-66(115)74(12,13)93-47(11)103/h42-46,48-54,102H,27-41H2,1-26H3,(H2,82,104)(H2,83,105)(H,84,115)(H,85,116)(H,86,106)(H,87,109)(H,88,108)(H,89,114)(H,90,119)(H,91,117)(H,92,118)(H,93,103)(H,94,107)(H,95,110)(H,96,113)(H,97,111)(H,98,112)(H,99,120)(H,100,121)/t46-,48?,49-,50-,51-,52-,53-,54-,81-/m0/s1. The van der Waals surface area contributed by atoms with E-state index in [0.29, 0.717) is 12.8 Å². The zero-order valence-electron chi connectivity index (χ0n) is 76.2. The second-order valence-electron chi connectivity index (χ2n) is 37.1. The van der Waals surface area contributed by atoms with Gasteiger partial charge in [0.15, 0.2) is 0 Å². The van der Waals surface area contributed by atoms with Crippen molar-refractivity contribution in [2.45, 2.75) is 343 Å². The van der Waals surface area contributed by atoms with Gasteiger partial charge in [0, 0.05) is 26.3 Å². The second-order valence-corrected chi connectivity index (χ2v) is 37.1. The van der Waals surface area contributed by atoms with Crippen molar-refractivity contribution >= 4 is 118 Å². The van der Waals surface area contributed by atoms with E-state index >= 15 is 0 Å². The van der Waals surface area contributed by atoms with Crippen molar-refractivity contribution in [1.29, 1.82) is 0 Å². The van der Waals surface area contributed by atoms with Crippen LogP contribution in [0.5, 0.6) is 0 Å². The summed E-state index contributed by atoms with van der Waals surface area (Å²) in [4.78, 5) is 272. The summed E-state index contributed by atoms with van der Waals surface area (Å²) in [5.74, 6) is -16.7. The quantitative estimate of drug-likeness (QED) is 0.0287. The average Bonchev–Trinajstić information content (AvgIpc) is 1.57. The topological polar surface area (TPSA) is 621 Å². The van der Waals surface area contributed by atoms with Gasteiger partial charge in [-0.1, -0.05) is 62.3 Å². The number of likely N-dealkylation sites (tertiary alicyclic amines) is 1. The maximum absolute atomic E-state index is 14.5. The molecule has 9 atom stereocenters. The molecule has 1 heterocycles. The van der Waals surface area contributed by atoms with Crippen LogP contribution in [0.3, 0.4) is 0 Å². The third-order valence-electron chi connectivity index (χ3n) is 20.0. The molecular formula is C81H142N20O21. The summed E-state index contributed by atoms with van der Waals surface area (Å²) >= 11 is 0. The van der Waals surface area contributed by atoms with E-state index < -0.39 is 243 Å². The number of hydrogen-bond donors (Lipinski definition) is 20. The van der Waals surface area contributed by atoms with E-state index in [1.807, 2.05) is 13.8 Å². The van der Waals surface area contributed by atoms with Crippen LogP contribution in [0.25, 0.3) is 0 Å². The lowest BCUT2D eigenvalue weighted by Crippen LogP contribution is -2.66. The van der Waals surface area contributed by atoms with Gasteiger partial charge in [0.2, 0.25) is 118 Å². The van der Waals surface area contributed by atoms with E-state index in [1.54, 1.807) is 48.5 Å². The van der Waals surface area contributed by atoms with Gasteiger partial charge in [-0.25, -0.2) is 0 Å². The normalized spacial score (nSPS) is 15.6. The number of carbonyl (C=O) groups is 20. The lowest BCUT2D eigenvalue weighted by atomic mass is 9.94. The summed E-state index contributed by atoms with van der Waals surface area (Å²) < 4.78 is 0. The smallest absolute Gasteiger partial charge is 0.248 e. The number of nitrogens with one attached hydrogen (secondary N) is 17. The van der Waals surface area contributed by atoms with Crippen LogP contribution >= 0.6 is 0 Å². The molecule has 0 aliphatic carbocycles. The van der Waals surface area contributed by atoms with Gasteiger partial charge in [0.05, 0.1) is 25.7 Å². The van der Waals surface area contributed by atoms with Gasteiger partial charge in [0.25, 0.3) is 0 Å². The van der Waals surface area contributed by atoms with E-state index in [9.17, 15) is 101 Å². The summed E-state index contributed by atoms with van der Waals surface area (Å²) in [7, 11) is 0. The Morgan fingerprint density at radius 1 is 0.377 bits per heavy atom. The molecule has 1 rings (SSSR count). The minimum Gasteiger partial charge on any atom is -0.394 e. The van der Waals surface area contributed by atoms with Gasteiger partial charge in [-0.3, -0.25) is 95.9 Å². The number of rotatable bonds is 50. The molecule has 1 aliphatic heterocycles. The highest BCUT2D eigenvalue weighted by atomic mass is 16.3. The molecule has 0 spiro atoms. The molecule has 122 heavy (non-hydrogen) atoms. The number of carbonyl (C=O) groups excluding carboxylic acids is 20. The number of nitrogens with two attached hydrogens (primary N) is 2. The Hall–Kier alpha value is -10.6. The average molecular weight is 1730 g/mol. The van der Waals surface area contributed by atoms with Gasteiger partial charge >= 0.3 is 0 Å². The molecule has 0 aromatic heterocycles. The Labute approximate surface area is 716 Å². The highest BCUT2D eigenvalue weighted by Gasteiger charge is 2.48. The van der Waals surface area contributed by atoms with Gasteiger partial charge in [0.1, 0.15) is 86.6 Å². The molecule has 41 heteroatoms. The third-order valence-corrected chi connectivity index (χ3v) is 20.0. The summed E-state index contributed by atoms with van der Waals surface area (Å²) in [5, 5.41) is 53.5. The van der Waals surface area contributed by atoms with Crippen LogP contribution < -0.4 is 102 Å². The Balaban J connectivity index is 3.23. The molecule has 1 saturated heterocycles. The maximum atomic E-state index is 14.5. The van der Waals surface area contributed by atoms with Gasteiger partial charge < -0.3 is 112 Å². The van der Waals surface area contributed by atoms with Crippen molar-refractivity contribution in [3.8, 4) is 0 Å². The van der Waals surface area contributed by atoms with Crippen molar-refractivity contribution in [3.05, 3.63) is 0 Å². The Bertz CT molecular complexity index is 3810. The first-order valence-corrected chi connectivity index (χ1v) is 41.3. The van der Waals surface area contributed by atoms with Crippen molar-refractivity contribution in [2.24, 2.45) is 35.1 Å². The zero-order valence-corrected chi connectivity index (χ0v) is 76.2. The van der Waals surface area contributed by atoms with E-state index in [2.05, 4.69) is 90.4 Å². The molecule has 20 amide bonds. The summed E-state index contributed by atoms with van der Waals surface area (Å²) in [6.45, 7) is 37.1. The highest BCUT2D eigenvalue weighted by Crippen LogP contribution is 2.25. The number of aliphatic hydroxyl groups excluding tert-OH is 1. The third kappa shape index (κ3) is 36.2. The van der Waals surface area contributed by atoms with Gasteiger partial charge in [-0.05, 0) is 192 Å². The summed E-state index contributed by atoms with van der Waals surface area (Å²) in [6.07, 6.45) is -0.395. The van der Waals surface area contributed by atoms with E-state index in [1.165, 1.54) is 123 Å². The first-order chi connectivity index (χ1) is 55.6. The fourth-order valence-corrected chi connectivity index (χ4v) is 12.5. The van der Waals surface area contributed by atoms with Gasteiger partial charge in [-0.2, -0.15) is 0 Å².